The van der Waals surface area contributed by atoms with Crippen molar-refractivity contribution in [2.45, 2.75) is 20.8 Å². The Labute approximate surface area is 86.8 Å². The van der Waals surface area contributed by atoms with Crippen molar-refractivity contribution >= 4 is 23.1 Å². The second-order valence-corrected chi connectivity index (χ2v) is 4.46. The predicted molar refractivity (Wildman–Crippen MR) is 58.7 cm³/mol. The predicted octanol–water partition coefficient (Wildman–Crippen LogP) is 1.76. The lowest BCUT2D eigenvalue weighted by molar-refractivity contribution is 0.249. The molecule has 0 bridgehead atoms. The molecule has 1 aromatic rings. The van der Waals surface area contributed by atoms with E-state index in [0.29, 0.717) is 0 Å². The smallest absolute Gasteiger partial charge is 0.332 e. The summed E-state index contributed by atoms with van der Waals surface area (Å²) in [6.07, 6.45) is 0. The molecule has 0 aromatic carbocycles. The zero-order chi connectivity index (χ0) is 10.7. The third-order valence-corrected chi connectivity index (χ3v) is 2.73. The molecule has 0 aliphatic carbocycles. The molecule has 0 fully saturated rings. The van der Waals surface area contributed by atoms with Gasteiger partial charge in [0.15, 0.2) is 0 Å². The van der Waals surface area contributed by atoms with E-state index in [2.05, 4.69) is 10.5 Å². The van der Waals surface area contributed by atoms with Gasteiger partial charge in [-0.25, -0.2) is 10.2 Å². The molecule has 4 nitrogen and oxygen atoms in total. The Hall–Kier alpha value is -1.36. The van der Waals surface area contributed by atoms with Crippen LogP contribution in [0.15, 0.2) is 11.2 Å². The molecule has 0 aliphatic rings. The molecule has 2 amide bonds. The summed E-state index contributed by atoms with van der Waals surface area (Å²) in [5, 5.41) is 3.87. The molecule has 0 unspecified atom stereocenters. The van der Waals surface area contributed by atoms with Crippen LogP contribution in [0.1, 0.15) is 22.2 Å². The van der Waals surface area contributed by atoms with Gasteiger partial charge in [0.25, 0.3) is 0 Å². The molecular weight excluding hydrogens is 198 g/mol. The normalized spacial score (nSPS) is 11.5. The highest BCUT2D eigenvalue weighted by molar-refractivity contribution is 7.12. The number of hydrogen-bond donors (Lipinski definition) is 2. The van der Waals surface area contributed by atoms with Gasteiger partial charge >= 0.3 is 6.03 Å². The summed E-state index contributed by atoms with van der Waals surface area (Å²) in [7, 11) is 0. The summed E-state index contributed by atoms with van der Waals surface area (Å²) >= 11 is 1.71. The van der Waals surface area contributed by atoms with Crippen molar-refractivity contribution in [2.75, 3.05) is 0 Å². The first-order valence-electron chi connectivity index (χ1n) is 4.18. The lowest BCUT2D eigenvalue weighted by Crippen LogP contribution is -2.25. The number of nitrogens with zero attached hydrogens (tertiary/aromatic N) is 1. The van der Waals surface area contributed by atoms with Gasteiger partial charge in [0, 0.05) is 15.3 Å². The Morgan fingerprint density at radius 2 is 2.21 bits per heavy atom. The second kappa shape index (κ2) is 4.23. The fourth-order valence-corrected chi connectivity index (χ4v) is 2.17. The minimum Gasteiger partial charge on any atom is -0.350 e. The van der Waals surface area contributed by atoms with Crippen LogP contribution in [0.4, 0.5) is 4.79 Å². The van der Waals surface area contributed by atoms with E-state index in [-0.39, 0.29) is 0 Å². The van der Waals surface area contributed by atoms with Crippen molar-refractivity contribution in [1.29, 1.82) is 0 Å². The van der Waals surface area contributed by atoms with E-state index in [1.54, 1.807) is 11.3 Å². The number of carbonyl (C=O) groups is 1. The summed E-state index contributed by atoms with van der Waals surface area (Å²) < 4.78 is 0. The van der Waals surface area contributed by atoms with Crippen molar-refractivity contribution in [3.05, 3.63) is 21.4 Å². The van der Waals surface area contributed by atoms with Crippen molar-refractivity contribution in [2.24, 2.45) is 10.8 Å². The highest BCUT2D eigenvalue weighted by Gasteiger charge is 2.05. The van der Waals surface area contributed by atoms with Crippen LogP contribution >= 0.6 is 11.3 Å². The molecule has 0 atom stereocenters. The van der Waals surface area contributed by atoms with E-state index in [1.165, 1.54) is 9.75 Å². The molecule has 0 spiro atoms. The number of hydrazone groups is 1. The molecule has 14 heavy (non-hydrogen) atoms. The third kappa shape index (κ3) is 2.56. The number of thiophene rings is 1. The fourth-order valence-electron chi connectivity index (χ4n) is 1.19. The molecule has 0 saturated heterocycles. The highest BCUT2D eigenvalue weighted by atomic mass is 32.1. The number of carbonyl (C=O) groups excluding carboxylic acids is 1. The van der Waals surface area contributed by atoms with E-state index in [4.69, 9.17) is 5.73 Å². The molecule has 0 aliphatic heterocycles. The maximum Gasteiger partial charge on any atom is 0.332 e. The summed E-state index contributed by atoms with van der Waals surface area (Å²) in [4.78, 5) is 12.8. The lowest BCUT2D eigenvalue weighted by Gasteiger charge is -1.98. The van der Waals surface area contributed by atoms with Crippen molar-refractivity contribution in [1.82, 2.24) is 5.43 Å². The molecular formula is C9H13N3OS. The Morgan fingerprint density at radius 3 is 2.64 bits per heavy atom. The van der Waals surface area contributed by atoms with Gasteiger partial charge in [0.05, 0.1) is 5.71 Å². The summed E-state index contributed by atoms with van der Waals surface area (Å²) in [6, 6.07) is 1.40. The Bertz CT molecular complexity index is 381. The summed E-state index contributed by atoms with van der Waals surface area (Å²) in [5.74, 6) is 0. The summed E-state index contributed by atoms with van der Waals surface area (Å²) in [5.41, 5.74) is 8.95. The number of amides is 2. The van der Waals surface area contributed by atoms with Crippen LogP contribution in [-0.4, -0.2) is 11.7 Å². The Balaban J connectivity index is 2.88. The van der Waals surface area contributed by atoms with E-state index in [0.717, 1.165) is 11.3 Å². The zero-order valence-electron chi connectivity index (χ0n) is 8.42. The van der Waals surface area contributed by atoms with Gasteiger partial charge in [-0.1, -0.05) is 0 Å². The third-order valence-electron chi connectivity index (χ3n) is 1.76. The SMILES string of the molecule is C/C(=N\NC(N)=O)c1cc(C)sc1C. The molecule has 3 N–H and O–H groups in total. The van der Waals surface area contributed by atoms with Crippen LogP contribution in [0.2, 0.25) is 0 Å². The quantitative estimate of drug-likeness (QED) is 0.568. The largest absolute Gasteiger partial charge is 0.350 e. The minimum atomic E-state index is -0.644. The number of nitrogens with one attached hydrogen (secondary N) is 1. The van der Waals surface area contributed by atoms with E-state index >= 15 is 0 Å². The van der Waals surface area contributed by atoms with Crippen molar-refractivity contribution < 1.29 is 4.79 Å². The molecule has 1 heterocycles. The van der Waals surface area contributed by atoms with Crippen LogP contribution < -0.4 is 11.2 Å². The average Bonchev–Trinajstić information content (AvgIpc) is 2.41. The van der Waals surface area contributed by atoms with Gasteiger partial charge in [-0.05, 0) is 26.8 Å². The van der Waals surface area contributed by atoms with Gasteiger partial charge in [0.1, 0.15) is 0 Å². The van der Waals surface area contributed by atoms with Gasteiger partial charge in [-0.15, -0.1) is 11.3 Å². The number of primary amides is 1. The summed E-state index contributed by atoms with van der Waals surface area (Å²) in [6.45, 7) is 5.90. The maximum absolute atomic E-state index is 10.4. The number of urea groups is 1. The van der Waals surface area contributed by atoms with Gasteiger partial charge in [0.2, 0.25) is 0 Å². The van der Waals surface area contributed by atoms with Crippen LogP contribution in [0, 0.1) is 13.8 Å². The minimum absolute atomic E-state index is 0.644. The topological polar surface area (TPSA) is 67.5 Å². The van der Waals surface area contributed by atoms with E-state index < -0.39 is 6.03 Å². The number of hydrogen-bond acceptors (Lipinski definition) is 3. The van der Waals surface area contributed by atoms with Crippen molar-refractivity contribution in [3.8, 4) is 0 Å². The number of rotatable bonds is 2. The van der Waals surface area contributed by atoms with E-state index in [9.17, 15) is 4.79 Å². The molecule has 0 radical (unpaired) electrons. The van der Waals surface area contributed by atoms with Crippen LogP contribution in [0.5, 0.6) is 0 Å². The van der Waals surface area contributed by atoms with Crippen LogP contribution in [0.3, 0.4) is 0 Å². The first-order valence-corrected chi connectivity index (χ1v) is 4.99. The maximum atomic E-state index is 10.4. The monoisotopic (exact) mass is 211 g/mol. The second-order valence-electron chi connectivity index (χ2n) is 3.00. The van der Waals surface area contributed by atoms with Gasteiger partial charge in [-0.2, -0.15) is 5.10 Å². The standard InChI is InChI=1S/C9H13N3OS/c1-5-4-8(7(3)14-5)6(2)11-12-9(10)13/h4H,1-3H3,(H3,10,12,13)/b11-6+. The lowest BCUT2D eigenvalue weighted by atomic mass is 10.2. The van der Waals surface area contributed by atoms with Crippen LogP contribution in [-0.2, 0) is 0 Å². The van der Waals surface area contributed by atoms with Crippen molar-refractivity contribution in [3.63, 3.8) is 0 Å². The Kier molecular flexibility index (Phi) is 3.24. The molecule has 1 aromatic heterocycles. The molecule has 1 rings (SSSR count). The highest BCUT2D eigenvalue weighted by Crippen LogP contribution is 2.20. The van der Waals surface area contributed by atoms with E-state index in [1.807, 2.05) is 26.8 Å². The average molecular weight is 211 g/mol. The molecule has 76 valence electrons. The van der Waals surface area contributed by atoms with Gasteiger partial charge in [-0.3, -0.25) is 0 Å². The number of nitrogens with two attached hydrogens (primary N) is 1. The first kappa shape index (κ1) is 10.7. The Morgan fingerprint density at radius 1 is 1.57 bits per heavy atom. The fraction of sp³-hybridized carbons (Fsp3) is 0.333. The van der Waals surface area contributed by atoms with Gasteiger partial charge < -0.3 is 5.73 Å². The molecule has 0 saturated carbocycles. The molecule has 5 heteroatoms. The number of aryl methyl sites for hydroxylation is 2. The zero-order valence-corrected chi connectivity index (χ0v) is 9.23. The van der Waals surface area contributed by atoms with Crippen LogP contribution in [0.25, 0.3) is 0 Å². The first-order chi connectivity index (χ1) is 6.50.